The van der Waals surface area contributed by atoms with Crippen LogP contribution in [-0.2, 0) is 0 Å². The second-order valence-corrected chi connectivity index (χ2v) is 7.71. The maximum Gasteiger partial charge on any atom is 0.0376 e. The zero-order valence-electron chi connectivity index (χ0n) is 17.8. The molecule has 1 unspecified atom stereocenters. The molecule has 1 atom stereocenters. The largest absolute Gasteiger partial charge is 0.388 e. The topological polar surface area (TPSA) is 12.0 Å². The van der Waals surface area contributed by atoms with Gasteiger partial charge in [-0.25, -0.2) is 0 Å². The van der Waals surface area contributed by atoms with Gasteiger partial charge < -0.3 is 5.32 Å². The van der Waals surface area contributed by atoms with Gasteiger partial charge in [0.2, 0.25) is 0 Å². The lowest BCUT2D eigenvalue weighted by atomic mass is 9.85. The minimum Gasteiger partial charge on any atom is -0.388 e. The van der Waals surface area contributed by atoms with Crippen molar-refractivity contribution in [1.29, 1.82) is 0 Å². The van der Waals surface area contributed by atoms with Crippen LogP contribution in [0.15, 0.2) is 103 Å². The zero-order valence-corrected chi connectivity index (χ0v) is 17.8. The van der Waals surface area contributed by atoms with Gasteiger partial charge >= 0.3 is 0 Å². The molecule has 0 amide bonds. The predicted molar refractivity (Wildman–Crippen MR) is 130 cm³/mol. The molecule has 30 heavy (non-hydrogen) atoms. The second kappa shape index (κ2) is 9.45. The van der Waals surface area contributed by atoms with Crippen molar-refractivity contribution in [3.63, 3.8) is 0 Å². The highest BCUT2D eigenvalue weighted by atomic mass is 14.8. The minimum absolute atomic E-state index is 0.400. The predicted octanol–water partition coefficient (Wildman–Crippen LogP) is 7.99. The van der Waals surface area contributed by atoms with Crippen molar-refractivity contribution in [1.82, 2.24) is 0 Å². The SMILES string of the molecule is CCCC(c1ccc(-c2ccccc2-c2ccccc2)cc1)c1ccccc1NC. The Kier molecular flexibility index (Phi) is 6.29. The number of anilines is 1. The van der Waals surface area contributed by atoms with Crippen molar-refractivity contribution >= 4 is 5.69 Å². The Hall–Kier alpha value is -3.32. The molecule has 4 aromatic carbocycles. The van der Waals surface area contributed by atoms with Gasteiger partial charge in [-0.1, -0.05) is 110 Å². The fourth-order valence-corrected chi connectivity index (χ4v) is 4.32. The van der Waals surface area contributed by atoms with E-state index in [1.54, 1.807) is 0 Å². The van der Waals surface area contributed by atoms with Crippen molar-refractivity contribution < 1.29 is 0 Å². The van der Waals surface area contributed by atoms with E-state index in [4.69, 9.17) is 0 Å². The van der Waals surface area contributed by atoms with Gasteiger partial charge in [0.05, 0.1) is 0 Å². The Morgan fingerprint density at radius 3 is 1.83 bits per heavy atom. The molecule has 0 aliphatic carbocycles. The Morgan fingerprint density at radius 2 is 1.20 bits per heavy atom. The third-order valence-electron chi connectivity index (χ3n) is 5.82. The average Bonchev–Trinajstić information content (AvgIpc) is 2.83. The van der Waals surface area contributed by atoms with Gasteiger partial charge in [-0.3, -0.25) is 0 Å². The normalized spacial score (nSPS) is 11.8. The molecule has 4 rings (SSSR count). The number of para-hydroxylation sites is 1. The Morgan fingerprint density at radius 1 is 0.633 bits per heavy atom. The van der Waals surface area contributed by atoms with Gasteiger partial charge in [-0.05, 0) is 45.9 Å². The zero-order chi connectivity index (χ0) is 20.8. The van der Waals surface area contributed by atoms with Gasteiger partial charge in [0.15, 0.2) is 0 Å². The average molecular weight is 392 g/mol. The third kappa shape index (κ3) is 4.16. The van der Waals surface area contributed by atoms with Gasteiger partial charge in [-0.2, -0.15) is 0 Å². The lowest BCUT2D eigenvalue weighted by Crippen LogP contribution is -2.05. The standard InChI is InChI=1S/C29H29N/c1-3-11-25(28-16-9-10-17-29(28)30-2)23-18-20-24(21-19-23)27-15-8-7-14-26(27)22-12-5-4-6-13-22/h4-10,12-21,25,30H,3,11H2,1-2H3. The van der Waals surface area contributed by atoms with Crippen molar-refractivity contribution in [2.24, 2.45) is 0 Å². The summed E-state index contributed by atoms with van der Waals surface area (Å²) in [5.41, 5.74) is 9.03. The molecule has 0 aliphatic heterocycles. The summed E-state index contributed by atoms with van der Waals surface area (Å²) in [6.07, 6.45) is 2.29. The Balaban J connectivity index is 1.71. The highest BCUT2D eigenvalue weighted by molar-refractivity contribution is 5.83. The molecule has 1 nitrogen and oxygen atoms in total. The van der Waals surface area contributed by atoms with Crippen LogP contribution in [0.4, 0.5) is 5.69 Å². The molecule has 4 aromatic rings. The fourth-order valence-electron chi connectivity index (χ4n) is 4.32. The number of rotatable bonds is 7. The molecule has 0 aliphatic rings. The summed E-state index contributed by atoms with van der Waals surface area (Å²) in [7, 11) is 2.01. The lowest BCUT2D eigenvalue weighted by molar-refractivity contribution is 0.699. The van der Waals surface area contributed by atoms with Crippen LogP contribution in [0.3, 0.4) is 0 Å². The molecule has 1 heteroatoms. The molecule has 1 N–H and O–H groups in total. The maximum atomic E-state index is 3.37. The fraction of sp³-hybridized carbons (Fsp3) is 0.172. The first kappa shape index (κ1) is 20.0. The maximum absolute atomic E-state index is 3.37. The Labute approximate surface area is 180 Å². The molecule has 0 heterocycles. The summed E-state index contributed by atoms with van der Waals surface area (Å²) in [6, 6.07) is 37.1. The second-order valence-electron chi connectivity index (χ2n) is 7.71. The van der Waals surface area contributed by atoms with E-state index in [1.807, 2.05) is 7.05 Å². The van der Waals surface area contributed by atoms with E-state index in [0.717, 1.165) is 12.8 Å². The molecule has 0 saturated carbocycles. The van der Waals surface area contributed by atoms with Crippen LogP contribution in [0.1, 0.15) is 36.8 Å². The van der Waals surface area contributed by atoms with Crippen LogP contribution in [0, 0.1) is 0 Å². The molecule has 0 spiro atoms. The van der Waals surface area contributed by atoms with Crippen molar-refractivity contribution in [2.75, 3.05) is 12.4 Å². The molecule has 0 bridgehead atoms. The smallest absolute Gasteiger partial charge is 0.0376 e. The van der Waals surface area contributed by atoms with Crippen molar-refractivity contribution in [3.05, 3.63) is 114 Å². The van der Waals surface area contributed by atoms with E-state index in [2.05, 4.69) is 115 Å². The molecular weight excluding hydrogens is 362 g/mol. The summed E-state index contributed by atoms with van der Waals surface area (Å²) in [5, 5.41) is 3.37. The van der Waals surface area contributed by atoms with Crippen molar-refractivity contribution in [2.45, 2.75) is 25.7 Å². The summed E-state index contributed by atoms with van der Waals surface area (Å²) >= 11 is 0. The van der Waals surface area contributed by atoms with Crippen LogP contribution in [0.5, 0.6) is 0 Å². The van der Waals surface area contributed by atoms with Gasteiger partial charge in [-0.15, -0.1) is 0 Å². The van der Waals surface area contributed by atoms with Crippen molar-refractivity contribution in [3.8, 4) is 22.3 Å². The minimum atomic E-state index is 0.400. The van der Waals surface area contributed by atoms with Crippen LogP contribution < -0.4 is 5.32 Å². The number of hydrogen-bond acceptors (Lipinski definition) is 1. The highest BCUT2D eigenvalue weighted by Gasteiger charge is 2.17. The summed E-state index contributed by atoms with van der Waals surface area (Å²) in [4.78, 5) is 0. The quantitative estimate of drug-likeness (QED) is 0.336. The Bertz CT molecular complexity index is 1080. The monoisotopic (exact) mass is 391 g/mol. The van der Waals surface area contributed by atoms with Crippen LogP contribution in [0.25, 0.3) is 22.3 Å². The van der Waals surface area contributed by atoms with Gasteiger partial charge in [0.25, 0.3) is 0 Å². The van der Waals surface area contributed by atoms with E-state index in [-0.39, 0.29) is 0 Å². The lowest BCUT2D eigenvalue weighted by Gasteiger charge is -2.21. The van der Waals surface area contributed by atoms with Crippen LogP contribution in [-0.4, -0.2) is 7.05 Å². The first-order chi connectivity index (χ1) is 14.8. The van der Waals surface area contributed by atoms with E-state index in [0.29, 0.717) is 5.92 Å². The number of benzene rings is 4. The molecule has 0 fully saturated rings. The molecule has 0 radical (unpaired) electrons. The van der Waals surface area contributed by atoms with E-state index < -0.39 is 0 Å². The molecular formula is C29H29N. The van der Waals surface area contributed by atoms with E-state index in [9.17, 15) is 0 Å². The van der Waals surface area contributed by atoms with E-state index in [1.165, 1.54) is 39.1 Å². The highest BCUT2D eigenvalue weighted by Crippen LogP contribution is 2.36. The van der Waals surface area contributed by atoms with Crippen LogP contribution in [0.2, 0.25) is 0 Å². The van der Waals surface area contributed by atoms with Gasteiger partial charge in [0, 0.05) is 18.7 Å². The third-order valence-corrected chi connectivity index (χ3v) is 5.82. The summed E-state index contributed by atoms with van der Waals surface area (Å²) in [5.74, 6) is 0.400. The molecule has 0 saturated heterocycles. The van der Waals surface area contributed by atoms with Gasteiger partial charge in [0.1, 0.15) is 0 Å². The molecule has 150 valence electrons. The first-order valence-corrected chi connectivity index (χ1v) is 10.8. The molecule has 0 aromatic heterocycles. The van der Waals surface area contributed by atoms with E-state index >= 15 is 0 Å². The summed E-state index contributed by atoms with van der Waals surface area (Å²) in [6.45, 7) is 2.26. The summed E-state index contributed by atoms with van der Waals surface area (Å²) < 4.78 is 0. The number of nitrogens with one attached hydrogen (secondary N) is 1. The van der Waals surface area contributed by atoms with Crippen LogP contribution >= 0.6 is 0 Å². The number of hydrogen-bond donors (Lipinski definition) is 1. The first-order valence-electron chi connectivity index (χ1n) is 10.8.